The van der Waals surface area contributed by atoms with Crippen molar-refractivity contribution >= 4 is 34.1 Å². The zero-order chi connectivity index (χ0) is 25.5. The first-order valence-corrected chi connectivity index (χ1v) is 12.1. The van der Waals surface area contributed by atoms with Crippen LogP contribution in [0.15, 0.2) is 91.4 Å². The van der Waals surface area contributed by atoms with Crippen LogP contribution in [0.4, 0.5) is 11.5 Å². The largest absolute Gasteiger partial charge is 0.457 e. The van der Waals surface area contributed by atoms with Gasteiger partial charge in [-0.05, 0) is 42.5 Å². The van der Waals surface area contributed by atoms with Crippen LogP contribution in [0, 0.1) is 0 Å². The van der Waals surface area contributed by atoms with Gasteiger partial charge in [-0.2, -0.15) is 0 Å². The van der Waals surface area contributed by atoms with Crippen LogP contribution >= 0.6 is 11.6 Å². The van der Waals surface area contributed by atoms with Crippen LogP contribution in [0.1, 0.15) is 0 Å². The second-order valence-corrected chi connectivity index (χ2v) is 8.41. The summed E-state index contributed by atoms with van der Waals surface area (Å²) in [7, 11) is 0. The van der Waals surface area contributed by atoms with Crippen molar-refractivity contribution in [2.75, 3.05) is 25.1 Å². The topological polar surface area (TPSA) is 90.7 Å². The fourth-order valence-corrected chi connectivity index (χ4v) is 4.02. The summed E-state index contributed by atoms with van der Waals surface area (Å²) >= 11 is 6.75. The standard InChI is InChI=1S/C28H25ClN4O4/c29-26-23(32-28-27-24(30-19-31-28)12-13-33(27)14-16-35-17-15-34)10-5-11-25(26)37-22-9-4-8-21(18-22)36-20-6-2-1-3-7-20/h1-13,18-19,34H,14-17H2,(H,30,31,32). The number of nitrogens with one attached hydrogen (secondary N) is 1. The van der Waals surface area contributed by atoms with Gasteiger partial charge in [-0.25, -0.2) is 9.97 Å². The number of benzene rings is 3. The van der Waals surface area contributed by atoms with Gasteiger partial charge in [0.25, 0.3) is 0 Å². The fraction of sp³-hybridized carbons (Fsp3) is 0.143. The number of anilines is 2. The van der Waals surface area contributed by atoms with Gasteiger partial charge in [-0.1, -0.05) is 41.9 Å². The minimum Gasteiger partial charge on any atom is -0.457 e. The number of hydrogen-bond donors (Lipinski definition) is 2. The second-order valence-electron chi connectivity index (χ2n) is 8.04. The molecular weight excluding hydrogens is 492 g/mol. The molecule has 9 heteroatoms. The summed E-state index contributed by atoms with van der Waals surface area (Å²) < 4.78 is 19.4. The smallest absolute Gasteiger partial charge is 0.158 e. The van der Waals surface area contributed by atoms with E-state index in [0.717, 1.165) is 16.8 Å². The third kappa shape index (κ3) is 6.00. The third-order valence-electron chi connectivity index (χ3n) is 5.49. The van der Waals surface area contributed by atoms with Crippen LogP contribution in [0.3, 0.4) is 0 Å². The van der Waals surface area contributed by atoms with Crippen molar-refractivity contribution in [3.8, 4) is 23.0 Å². The molecule has 0 unspecified atom stereocenters. The fourth-order valence-electron chi connectivity index (χ4n) is 3.81. The van der Waals surface area contributed by atoms with Crippen LogP contribution in [0.5, 0.6) is 23.0 Å². The summed E-state index contributed by atoms with van der Waals surface area (Å²) in [5.74, 6) is 3.08. The van der Waals surface area contributed by atoms with E-state index in [9.17, 15) is 0 Å². The minimum absolute atomic E-state index is 0.0103. The molecule has 2 aromatic heterocycles. The molecule has 0 amide bonds. The highest BCUT2D eigenvalue weighted by atomic mass is 35.5. The molecule has 0 aliphatic rings. The van der Waals surface area contributed by atoms with Crippen molar-refractivity contribution in [2.24, 2.45) is 0 Å². The Morgan fingerprint density at radius 2 is 1.62 bits per heavy atom. The zero-order valence-corrected chi connectivity index (χ0v) is 20.6. The zero-order valence-electron chi connectivity index (χ0n) is 19.9. The van der Waals surface area contributed by atoms with Crippen molar-refractivity contribution in [2.45, 2.75) is 6.54 Å². The molecule has 37 heavy (non-hydrogen) atoms. The minimum atomic E-state index is -0.0103. The highest BCUT2D eigenvalue weighted by Gasteiger charge is 2.14. The maximum absolute atomic E-state index is 8.93. The van der Waals surface area contributed by atoms with Crippen LogP contribution in [0.25, 0.3) is 11.0 Å². The number of halogens is 1. The van der Waals surface area contributed by atoms with Crippen molar-refractivity contribution in [3.05, 3.63) is 96.4 Å². The summed E-state index contributed by atoms with van der Waals surface area (Å²) in [6, 6.07) is 24.4. The number of para-hydroxylation sites is 1. The van der Waals surface area contributed by atoms with E-state index < -0.39 is 0 Å². The molecule has 188 valence electrons. The predicted octanol–water partition coefficient (Wildman–Crippen LogP) is 6.42. The Balaban J connectivity index is 1.35. The molecule has 5 rings (SSSR count). The Bertz CT molecular complexity index is 1480. The predicted molar refractivity (Wildman–Crippen MR) is 143 cm³/mol. The Morgan fingerprint density at radius 1 is 0.838 bits per heavy atom. The molecule has 0 saturated carbocycles. The molecular formula is C28H25ClN4O4. The van der Waals surface area contributed by atoms with Crippen molar-refractivity contribution in [1.82, 2.24) is 14.5 Å². The number of aliphatic hydroxyl groups is 1. The molecule has 0 saturated heterocycles. The monoisotopic (exact) mass is 516 g/mol. The lowest BCUT2D eigenvalue weighted by atomic mass is 10.2. The molecule has 5 aromatic rings. The van der Waals surface area contributed by atoms with Crippen molar-refractivity contribution in [3.63, 3.8) is 0 Å². The number of ether oxygens (including phenoxy) is 3. The highest BCUT2D eigenvalue weighted by molar-refractivity contribution is 6.34. The van der Waals surface area contributed by atoms with Gasteiger partial charge >= 0.3 is 0 Å². The lowest BCUT2D eigenvalue weighted by Crippen LogP contribution is -2.09. The number of hydrogen-bond acceptors (Lipinski definition) is 7. The lowest BCUT2D eigenvalue weighted by Gasteiger charge is -2.14. The van der Waals surface area contributed by atoms with E-state index in [4.69, 9.17) is 30.9 Å². The highest BCUT2D eigenvalue weighted by Crippen LogP contribution is 2.38. The van der Waals surface area contributed by atoms with Gasteiger partial charge in [-0.15, -0.1) is 0 Å². The van der Waals surface area contributed by atoms with Crippen LogP contribution in [-0.2, 0) is 11.3 Å². The van der Waals surface area contributed by atoms with Gasteiger partial charge in [0.05, 0.1) is 31.0 Å². The Labute approximate surface area is 219 Å². The van der Waals surface area contributed by atoms with E-state index in [0.29, 0.717) is 53.5 Å². The third-order valence-corrected chi connectivity index (χ3v) is 5.88. The number of aromatic nitrogens is 3. The molecule has 2 N–H and O–H groups in total. The average Bonchev–Trinajstić information content (AvgIpc) is 3.34. The molecule has 0 bridgehead atoms. The second kappa shape index (κ2) is 11.7. The van der Waals surface area contributed by atoms with Gasteiger partial charge in [0, 0.05) is 18.8 Å². The SMILES string of the molecule is OCCOCCn1ccc2ncnc(Nc3cccc(Oc4cccc(Oc5ccccc5)c4)c3Cl)c21. The van der Waals surface area contributed by atoms with Gasteiger partial charge in [0.1, 0.15) is 39.9 Å². The van der Waals surface area contributed by atoms with Gasteiger partial charge in [-0.3, -0.25) is 0 Å². The van der Waals surface area contributed by atoms with Gasteiger partial charge in [0.15, 0.2) is 5.82 Å². The maximum atomic E-state index is 8.93. The molecule has 0 fully saturated rings. The van der Waals surface area contributed by atoms with Crippen LogP contribution in [-0.4, -0.2) is 39.5 Å². The molecule has 8 nitrogen and oxygen atoms in total. The van der Waals surface area contributed by atoms with Gasteiger partial charge in [0.2, 0.25) is 0 Å². The van der Waals surface area contributed by atoms with Crippen LogP contribution in [0.2, 0.25) is 5.02 Å². The van der Waals surface area contributed by atoms with Crippen molar-refractivity contribution in [1.29, 1.82) is 0 Å². The van der Waals surface area contributed by atoms with E-state index in [2.05, 4.69) is 15.3 Å². The van der Waals surface area contributed by atoms with E-state index >= 15 is 0 Å². The van der Waals surface area contributed by atoms with E-state index in [-0.39, 0.29) is 6.61 Å². The number of aliphatic hydroxyl groups excluding tert-OH is 1. The van der Waals surface area contributed by atoms with E-state index in [1.807, 2.05) is 83.6 Å². The first-order chi connectivity index (χ1) is 18.2. The first-order valence-electron chi connectivity index (χ1n) is 11.8. The lowest BCUT2D eigenvalue weighted by molar-refractivity contribution is 0.0875. The van der Waals surface area contributed by atoms with E-state index in [1.165, 1.54) is 6.33 Å². The molecule has 0 aliphatic heterocycles. The average molecular weight is 517 g/mol. The van der Waals surface area contributed by atoms with Crippen molar-refractivity contribution < 1.29 is 19.3 Å². The molecule has 2 heterocycles. The number of rotatable bonds is 11. The summed E-state index contributed by atoms with van der Waals surface area (Å²) in [4.78, 5) is 8.81. The number of nitrogens with zero attached hydrogens (tertiary/aromatic N) is 3. The van der Waals surface area contributed by atoms with E-state index in [1.54, 1.807) is 6.07 Å². The molecule has 0 radical (unpaired) electrons. The normalized spacial score (nSPS) is 11.0. The summed E-state index contributed by atoms with van der Waals surface area (Å²) in [6.07, 6.45) is 3.43. The number of fused-ring (bicyclic) bond motifs is 1. The Morgan fingerprint density at radius 3 is 2.46 bits per heavy atom. The molecule has 3 aromatic carbocycles. The summed E-state index contributed by atoms with van der Waals surface area (Å²) in [6.45, 7) is 1.33. The quantitative estimate of drug-likeness (QED) is 0.196. The maximum Gasteiger partial charge on any atom is 0.158 e. The molecule has 0 aliphatic carbocycles. The Kier molecular flexibility index (Phi) is 7.81. The Hall–Kier alpha value is -4.11. The van der Waals surface area contributed by atoms with Crippen LogP contribution < -0.4 is 14.8 Å². The molecule has 0 spiro atoms. The molecule has 0 atom stereocenters. The van der Waals surface area contributed by atoms with Gasteiger partial charge < -0.3 is 29.2 Å². The first kappa shape index (κ1) is 24.6. The summed E-state index contributed by atoms with van der Waals surface area (Å²) in [5, 5.41) is 12.7. The summed E-state index contributed by atoms with van der Waals surface area (Å²) in [5.41, 5.74) is 2.25.